The van der Waals surface area contributed by atoms with Gasteiger partial charge in [0.2, 0.25) is 0 Å². The van der Waals surface area contributed by atoms with Gasteiger partial charge in [0.25, 0.3) is 0 Å². The number of rotatable bonds is 5. The third kappa shape index (κ3) is 3.32. The van der Waals surface area contributed by atoms with Crippen molar-refractivity contribution in [2.75, 3.05) is 13.7 Å². The molecule has 0 saturated carbocycles. The smallest absolute Gasteiger partial charge is 0.131 e. The zero-order valence-corrected chi connectivity index (χ0v) is 11.2. The van der Waals surface area contributed by atoms with E-state index in [4.69, 9.17) is 4.74 Å². The van der Waals surface area contributed by atoms with E-state index in [1.165, 1.54) is 6.07 Å². The van der Waals surface area contributed by atoms with Gasteiger partial charge in [0.05, 0.1) is 7.11 Å². The fourth-order valence-electron chi connectivity index (χ4n) is 1.94. The lowest BCUT2D eigenvalue weighted by molar-refractivity contribution is 0.415. The predicted octanol–water partition coefficient (Wildman–Crippen LogP) is 3.61. The highest BCUT2D eigenvalue weighted by Gasteiger charge is 2.06. The fraction of sp³-hybridized carbons (Fsp3) is 0.250. The van der Waals surface area contributed by atoms with Crippen LogP contribution in [-0.4, -0.2) is 13.7 Å². The summed E-state index contributed by atoms with van der Waals surface area (Å²) >= 11 is 0. The van der Waals surface area contributed by atoms with Gasteiger partial charge in [0.1, 0.15) is 11.6 Å². The molecule has 0 amide bonds. The van der Waals surface area contributed by atoms with Crippen LogP contribution in [0.3, 0.4) is 0 Å². The fourth-order valence-corrected chi connectivity index (χ4v) is 1.94. The molecule has 2 nitrogen and oxygen atoms in total. The molecule has 0 heterocycles. The first kappa shape index (κ1) is 13.6. The van der Waals surface area contributed by atoms with Crippen molar-refractivity contribution < 1.29 is 9.13 Å². The Morgan fingerprint density at radius 2 is 1.84 bits per heavy atom. The van der Waals surface area contributed by atoms with Crippen molar-refractivity contribution in [2.45, 2.75) is 13.5 Å². The summed E-state index contributed by atoms with van der Waals surface area (Å²) in [6.45, 7) is 3.70. The van der Waals surface area contributed by atoms with E-state index in [1.807, 2.05) is 43.3 Å². The second kappa shape index (κ2) is 6.34. The average Bonchev–Trinajstić information content (AvgIpc) is 2.46. The first-order chi connectivity index (χ1) is 9.24. The summed E-state index contributed by atoms with van der Waals surface area (Å²) in [6, 6.07) is 12.6. The summed E-state index contributed by atoms with van der Waals surface area (Å²) in [7, 11) is 1.62. The maximum atomic E-state index is 13.9. The van der Waals surface area contributed by atoms with Crippen molar-refractivity contribution in [3.05, 3.63) is 53.8 Å². The van der Waals surface area contributed by atoms with Gasteiger partial charge in [-0.1, -0.05) is 25.1 Å². The number of ether oxygens (including phenoxy) is 1. The van der Waals surface area contributed by atoms with Gasteiger partial charge in [0.15, 0.2) is 0 Å². The maximum absolute atomic E-state index is 13.9. The number of hydrogen-bond acceptors (Lipinski definition) is 2. The van der Waals surface area contributed by atoms with E-state index in [9.17, 15) is 4.39 Å². The van der Waals surface area contributed by atoms with E-state index in [0.717, 1.165) is 30.0 Å². The Morgan fingerprint density at radius 3 is 2.47 bits per heavy atom. The molecule has 2 aromatic carbocycles. The number of hydrogen-bond donors (Lipinski definition) is 1. The van der Waals surface area contributed by atoms with Crippen molar-refractivity contribution >= 4 is 0 Å². The molecule has 19 heavy (non-hydrogen) atoms. The Kier molecular flexibility index (Phi) is 4.53. The Hall–Kier alpha value is -1.87. The van der Waals surface area contributed by atoms with Crippen molar-refractivity contribution in [2.24, 2.45) is 0 Å². The molecule has 0 aliphatic carbocycles. The van der Waals surface area contributed by atoms with Crippen LogP contribution in [0, 0.1) is 5.82 Å². The lowest BCUT2D eigenvalue weighted by Gasteiger charge is -2.08. The summed E-state index contributed by atoms with van der Waals surface area (Å²) in [4.78, 5) is 0. The van der Waals surface area contributed by atoms with Crippen LogP contribution in [0.15, 0.2) is 42.5 Å². The van der Waals surface area contributed by atoms with Crippen LogP contribution in [0.4, 0.5) is 4.39 Å². The predicted molar refractivity (Wildman–Crippen MR) is 75.8 cm³/mol. The van der Waals surface area contributed by atoms with Crippen LogP contribution >= 0.6 is 0 Å². The molecule has 0 atom stereocenters. The summed E-state index contributed by atoms with van der Waals surface area (Å²) in [5, 5.41) is 3.24. The van der Waals surface area contributed by atoms with E-state index in [0.29, 0.717) is 5.56 Å². The van der Waals surface area contributed by atoms with Gasteiger partial charge in [-0.25, -0.2) is 4.39 Å². The molecular formula is C16H18FNO. The zero-order chi connectivity index (χ0) is 13.7. The van der Waals surface area contributed by atoms with Gasteiger partial charge < -0.3 is 10.1 Å². The number of benzene rings is 2. The second-order valence-corrected chi connectivity index (χ2v) is 4.32. The molecule has 0 fully saturated rings. The standard InChI is InChI=1S/C16H18FNO/c1-3-18-11-12-4-9-16(17)15(10-12)13-5-7-14(19-2)8-6-13/h4-10,18H,3,11H2,1-2H3. The molecule has 0 spiro atoms. The molecule has 2 rings (SSSR count). The second-order valence-electron chi connectivity index (χ2n) is 4.32. The van der Waals surface area contributed by atoms with Crippen LogP contribution in [-0.2, 0) is 6.54 Å². The van der Waals surface area contributed by atoms with E-state index in [2.05, 4.69) is 5.32 Å². The van der Waals surface area contributed by atoms with E-state index >= 15 is 0 Å². The Labute approximate surface area is 113 Å². The minimum Gasteiger partial charge on any atom is -0.497 e. The molecule has 2 aromatic rings. The van der Waals surface area contributed by atoms with Crippen LogP contribution < -0.4 is 10.1 Å². The van der Waals surface area contributed by atoms with Crippen LogP contribution in [0.1, 0.15) is 12.5 Å². The minimum atomic E-state index is -0.203. The van der Waals surface area contributed by atoms with Crippen molar-refractivity contribution in [1.29, 1.82) is 0 Å². The van der Waals surface area contributed by atoms with Gasteiger partial charge in [-0.05, 0) is 41.9 Å². The molecule has 0 aliphatic rings. The number of methoxy groups -OCH3 is 1. The van der Waals surface area contributed by atoms with Gasteiger partial charge in [-0.15, -0.1) is 0 Å². The van der Waals surface area contributed by atoms with E-state index < -0.39 is 0 Å². The highest BCUT2D eigenvalue weighted by Crippen LogP contribution is 2.26. The maximum Gasteiger partial charge on any atom is 0.131 e. The monoisotopic (exact) mass is 259 g/mol. The molecule has 3 heteroatoms. The molecule has 100 valence electrons. The lowest BCUT2D eigenvalue weighted by Crippen LogP contribution is -2.11. The normalized spacial score (nSPS) is 10.5. The van der Waals surface area contributed by atoms with Crippen LogP contribution in [0.2, 0.25) is 0 Å². The summed E-state index contributed by atoms with van der Waals surface area (Å²) in [5.41, 5.74) is 2.56. The SMILES string of the molecule is CCNCc1ccc(F)c(-c2ccc(OC)cc2)c1. The number of halogens is 1. The van der Waals surface area contributed by atoms with Crippen LogP contribution in [0.5, 0.6) is 5.75 Å². The van der Waals surface area contributed by atoms with E-state index in [1.54, 1.807) is 7.11 Å². The first-order valence-corrected chi connectivity index (χ1v) is 6.38. The summed E-state index contributed by atoms with van der Waals surface area (Å²) in [5.74, 6) is 0.568. The average molecular weight is 259 g/mol. The van der Waals surface area contributed by atoms with Gasteiger partial charge in [-0.2, -0.15) is 0 Å². The lowest BCUT2D eigenvalue weighted by atomic mass is 10.0. The topological polar surface area (TPSA) is 21.3 Å². The van der Waals surface area contributed by atoms with E-state index in [-0.39, 0.29) is 5.82 Å². The van der Waals surface area contributed by atoms with Crippen LogP contribution in [0.25, 0.3) is 11.1 Å². The third-order valence-corrected chi connectivity index (χ3v) is 3.01. The highest BCUT2D eigenvalue weighted by molar-refractivity contribution is 5.65. The molecule has 0 unspecified atom stereocenters. The van der Waals surface area contributed by atoms with Crippen molar-refractivity contribution in [1.82, 2.24) is 5.32 Å². The van der Waals surface area contributed by atoms with Crippen molar-refractivity contribution in [3.63, 3.8) is 0 Å². The zero-order valence-electron chi connectivity index (χ0n) is 11.2. The van der Waals surface area contributed by atoms with Gasteiger partial charge in [0, 0.05) is 12.1 Å². The Bertz CT molecular complexity index is 537. The third-order valence-electron chi connectivity index (χ3n) is 3.01. The molecular weight excluding hydrogens is 241 g/mol. The molecule has 1 N–H and O–H groups in total. The van der Waals surface area contributed by atoms with Crippen molar-refractivity contribution in [3.8, 4) is 16.9 Å². The Balaban J connectivity index is 2.31. The minimum absolute atomic E-state index is 0.203. The Morgan fingerprint density at radius 1 is 1.11 bits per heavy atom. The summed E-state index contributed by atoms with van der Waals surface area (Å²) in [6.07, 6.45) is 0. The first-order valence-electron chi connectivity index (χ1n) is 6.38. The highest BCUT2D eigenvalue weighted by atomic mass is 19.1. The van der Waals surface area contributed by atoms with Gasteiger partial charge in [-0.3, -0.25) is 0 Å². The molecule has 0 bridgehead atoms. The number of nitrogens with one attached hydrogen (secondary N) is 1. The summed E-state index contributed by atoms with van der Waals surface area (Å²) < 4.78 is 19.0. The van der Waals surface area contributed by atoms with Gasteiger partial charge >= 0.3 is 0 Å². The molecule has 0 aliphatic heterocycles. The largest absolute Gasteiger partial charge is 0.497 e. The quantitative estimate of drug-likeness (QED) is 0.885. The molecule has 0 radical (unpaired) electrons. The molecule has 0 aromatic heterocycles. The molecule has 0 saturated heterocycles.